The monoisotopic (exact) mass is 301 g/mol. The van der Waals surface area contributed by atoms with Gasteiger partial charge in [0.1, 0.15) is 11.8 Å². The van der Waals surface area contributed by atoms with Gasteiger partial charge in [0, 0.05) is 18.3 Å². The normalized spacial score (nSPS) is 18.0. The van der Waals surface area contributed by atoms with Crippen LogP contribution < -0.4 is 5.32 Å². The van der Waals surface area contributed by atoms with Crippen molar-refractivity contribution in [2.75, 3.05) is 40.8 Å². The van der Waals surface area contributed by atoms with E-state index in [4.69, 9.17) is 5.26 Å². The first-order chi connectivity index (χ1) is 10.5. The minimum absolute atomic E-state index is 0.00218. The number of pyridine rings is 1. The lowest BCUT2D eigenvalue weighted by Gasteiger charge is -2.45. The van der Waals surface area contributed by atoms with Gasteiger partial charge >= 0.3 is 0 Å². The van der Waals surface area contributed by atoms with Gasteiger partial charge in [-0.05, 0) is 59.2 Å². The van der Waals surface area contributed by atoms with Crippen molar-refractivity contribution in [3.8, 4) is 6.07 Å². The van der Waals surface area contributed by atoms with Crippen LogP contribution in [0.4, 0.5) is 0 Å². The molecule has 1 aromatic heterocycles. The van der Waals surface area contributed by atoms with E-state index in [2.05, 4.69) is 41.2 Å². The lowest BCUT2D eigenvalue weighted by molar-refractivity contribution is 0.0611. The number of nitrogens with one attached hydrogen (secondary N) is 1. The molecule has 22 heavy (non-hydrogen) atoms. The molecule has 1 saturated heterocycles. The summed E-state index contributed by atoms with van der Waals surface area (Å²) in [5, 5.41) is 11.8. The highest BCUT2D eigenvalue weighted by atomic mass is 16.1. The van der Waals surface area contributed by atoms with E-state index < -0.39 is 0 Å². The Hall–Kier alpha value is -1.97. The van der Waals surface area contributed by atoms with E-state index >= 15 is 0 Å². The number of likely N-dealkylation sites (N-methyl/N-ethyl adjacent to an activating group) is 1. The zero-order chi connectivity index (χ0) is 16.2. The molecule has 6 nitrogen and oxygen atoms in total. The molecule has 0 bridgehead atoms. The average Bonchev–Trinajstić information content (AvgIpc) is 2.54. The van der Waals surface area contributed by atoms with Crippen LogP contribution in [0, 0.1) is 11.3 Å². The minimum atomic E-state index is -0.142. The van der Waals surface area contributed by atoms with Gasteiger partial charge in [0.15, 0.2) is 0 Å². The van der Waals surface area contributed by atoms with Crippen LogP contribution in [-0.2, 0) is 0 Å². The van der Waals surface area contributed by atoms with Crippen molar-refractivity contribution in [3.05, 3.63) is 29.6 Å². The van der Waals surface area contributed by atoms with Crippen LogP contribution >= 0.6 is 0 Å². The van der Waals surface area contributed by atoms with E-state index in [1.807, 2.05) is 6.07 Å². The third kappa shape index (κ3) is 3.62. The van der Waals surface area contributed by atoms with E-state index in [1.165, 1.54) is 6.20 Å². The first-order valence-corrected chi connectivity index (χ1v) is 7.47. The number of amides is 1. The third-order valence-corrected chi connectivity index (χ3v) is 4.58. The van der Waals surface area contributed by atoms with Crippen molar-refractivity contribution in [1.82, 2.24) is 20.1 Å². The molecule has 0 radical (unpaired) electrons. The molecule has 6 heteroatoms. The van der Waals surface area contributed by atoms with Gasteiger partial charge in [-0.2, -0.15) is 5.26 Å². The molecule has 118 valence electrons. The largest absolute Gasteiger partial charge is 0.350 e. The first kappa shape index (κ1) is 16.4. The molecule has 1 N–H and O–H groups in total. The number of carbonyl (C=O) groups excluding carboxylic acids is 1. The van der Waals surface area contributed by atoms with Crippen LogP contribution in [0.1, 0.15) is 28.9 Å². The van der Waals surface area contributed by atoms with E-state index in [0.29, 0.717) is 17.8 Å². The molecule has 1 aliphatic heterocycles. The molecular weight excluding hydrogens is 278 g/mol. The number of nitriles is 1. The number of nitrogens with zero attached hydrogens (tertiary/aromatic N) is 4. The molecule has 1 amide bonds. The molecule has 2 rings (SSSR count). The van der Waals surface area contributed by atoms with Crippen molar-refractivity contribution in [1.29, 1.82) is 5.26 Å². The SMILES string of the molecule is CN1CCC(CNC(=O)c2ccc(C#N)nc2)(N(C)C)CC1. The highest BCUT2D eigenvalue weighted by molar-refractivity contribution is 5.93. The van der Waals surface area contributed by atoms with Crippen LogP contribution in [0.15, 0.2) is 18.3 Å². The number of carbonyl (C=O) groups is 1. The van der Waals surface area contributed by atoms with Crippen molar-refractivity contribution in [2.45, 2.75) is 18.4 Å². The molecule has 0 aliphatic carbocycles. The molecule has 0 saturated carbocycles. The Morgan fingerprint density at radius 3 is 2.64 bits per heavy atom. The summed E-state index contributed by atoms with van der Waals surface area (Å²) in [5.41, 5.74) is 0.805. The maximum absolute atomic E-state index is 12.3. The average molecular weight is 301 g/mol. The van der Waals surface area contributed by atoms with E-state index in [9.17, 15) is 4.79 Å². The number of likely N-dealkylation sites (tertiary alicyclic amines) is 1. The van der Waals surface area contributed by atoms with Gasteiger partial charge in [-0.25, -0.2) is 4.98 Å². The zero-order valence-corrected chi connectivity index (χ0v) is 13.5. The highest BCUT2D eigenvalue weighted by Crippen LogP contribution is 2.25. The molecule has 2 heterocycles. The Balaban J connectivity index is 2.00. The Bertz CT molecular complexity index is 553. The lowest BCUT2D eigenvalue weighted by Crippen LogP contribution is -2.57. The maximum atomic E-state index is 12.3. The van der Waals surface area contributed by atoms with Gasteiger partial charge in [-0.3, -0.25) is 4.79 Å². The Morgan fingerprint density at radius 1 is 1.45 bits per heavy atom. The van der Waals surface area contributed by atoms with Crippen molar-refractivity contribution in [2.24, 2.45) is 0 Å². The van der Waals surface area contributed by atoms with Crippen molar-refractivity contribution >= 4 is 5.91 Å². The number of hydrogen-bond donors (Lipinski definition) is 1. The topological polar surface area (TPSA) is 72.3 Å². The predicted octanol–water partition coefficient (Wildman–Crippen LogP) is 0.709. The molecular formula is C16H23N5O. The van der Waals surface area contributed by atoms with Gasteiger partial charge in [0.25, 0.3) is 5.91 Å². The third-order valence-electron chi connectivity index (χ3n) is 4.58. The molecule has 1 aromatic rings. The summed E-state index contributed by atoms with van der Waals surface area (Å²) in [6, 6.07) is 5.15. The van der Waals surface area contributed by atoms with Crippen molar-refractivity contribution < 1.29 is 4.79 Å². The molecule has 0 aromatic carbocycles. The first-order valence-electron chi connectivity index (χ1n) is 7.47. The fraction of sp³-hybridized carbons (Fsp3) is 0.562. The second-order valence-corrected chi connectivity index (χ2v) is 6.15. The summed E-state index contributed by atoms with van der Waals surface area (Å²) < 4.78 is 0. The summed E-state index contributed by atoms with van der Waals surface area (Å²) in [7, 11) is 6.27. The Labute approximate surface area is 131 Å². The Morgan fingerprint density at radius 2 is 2.14 bits per heavy atom. The van der Waals surface area contributed by atoms with E-state index in [0.717, 1.165) is 25.9 Å². The fourth-order valence-electron chi connectivity index (χ4n) is 2.76. The van der Waals surface area contributed by atoms with Crippen LogP contribution in [0.25, 0.3) is 0 Å². The smallest absolute Gasteiger partial charge is 0.252 e. The van der Waals surface area contributed by atoms with Gasteiger partial charge < -0.3 is 15.1 Å². The van der Waals surface area contributed by atoms with Crippen LogP contribution in [0.3, 0.4) is 0 Å². The van der Waals surface area contributed by atoms with Gasteiger partial charge in [-0.1, -0.05) is 0 Å². The maximum Gasteiger partial charge on any atom is 0.252 e. The fourth-order valence-corrected chi connectivity index (χ4v) is 2.76. The van der Waals surface area contributed by atoms with Gasteiger partial charge in [0.05, 0.1) is 5.56 Å². The summed E-state index contributed by atoms with van der Waals surface area (Å²) >= 11 is 0. The number of rotatable bonds is 4. The number of aromatic nitrogens is 1. The molecule has 1 aliphatic rings. The van der Waals surface area contributed by atoms with Crippen LogP contribution in [-0.4, -0.2) is 67.0 Å². The summed E-state index contributed by atoms with van der Waals surface area (Å²) in [5.74, 6) is -0.142. The number of piperidine rings is 1. The molecule has 0 spiro atoms. The molecule has 0 unspecified atom stereocenters. The summed E-state index contributed by atoms with van der Waals surface area (Å²) in [6.07, 6.45) is 3.51. The second kappa shape index (κ2) is 6.86. The van der Waals surface area contributed by atoms with Crippen LogP contribution in [0.2, 0.25) is 0 Å². The molecule has 0 atom stereocenters. The highest BCUT2D eigenvalue weighted by Gasteiger charge is 2.36. The number of hydrogen-bond acceptors (Lipinski definition) is 5. The van der Waals surface area contributed by atoms with Crippen LogP contribution in [0.5, 0.6) is 0 Å². The minimum Gasteiger partial charge on any atom is -0.350 e. The van der Waals surface area contributed by atoms with Gasteiger partial charge in [-0.15, -0.1) is 0 Å². The standard InChI is InChI=1S/C16H23N5O/c1-20(2)16(6-8-21(3)9-7-16)12-19-15(22)13-4-5-14(10-17)18-11-13/h4-5,11H,6-9,12H2,1-3H3,(H,19,22). The molecule has 1 fully saturated rings. The zero-order valence-electron chi connectivity index (χ0n) is 13.5. The summed E-state index contributed by atoms with van der Waals surface area (Å²) in [4.78, 5) is 20.7. The Kier molecular flexibility index (Phi) is 5.11. The second-order valence-electron chi connectivity index (χ2n) is 6.15. The van der Waals surface area contributed by atoms with Gasteiger partial charge in [0.2, 0.25) is 0 Å². The summed E-state index contributed by atoms with van der Waals surface area (Å²) in [6.45, 7) is 2.69. The van der Waals surface area contributed by atoms with E-state index in [1.54, 1.807) is 12.1 Å². The van der Waals surface area contributed by atoms with Crippen molar-refractivity contribution in [3.63, 3.8) is 0 Å². The lowest BCUT2D eigenvalue weighted by atomic mass is 9.86. The van der Waals surface area contributed by atoms with E-state index in [-0.39, 0.29) is 11.4 Å². The quantitative estimate of drug-likeness (QED) is 0.887. The predicted molar refractivity (Wildman–Crippen MR) is 84.4 cm³/mol.